The second-order valence-electron chi connectivity index (χ2n) is 5.20. The predicted octanol–water partition coefficient (Wildman–Crippen LogP) is 3.73. The number of benzene rings is 1. The van der Waals surface area contributed by atoms with Crippen LogP contribution < -0.4 is 5.43 Å². The summed E-state index contributed by atoms with van der Waals surface area (Å²) >= 11 is 5.80. The molecule has 0 saturated heterocycles. The molecule has 0 heterocycles. The third kappa shape index (κ3) is 4.82. The van der Waals surface area contributed by atoms with Crippen molar-refractivity contribution in [1.29, 1.82) is 0 Å². The number of rotatable bonds is 4. The van der Waals surface area contributed by atoms with Crippen LogP contribution in [0.1, 0.15) is 31.7 Å². The SMILES string of the molecule is CC1=CC[C@H](/C=N\NC(=O)Cc2ccc(Cl)cc2)CC1. The minimum atomic E-state index is -0.105. The number of hydrogen-bond acceptors (Lipinski definition) is 2. The van der Waals surface area contributed by atoms with E-state index < -0.39 is 0 Å². The van der Waals surface area contributed by atoms with Crippen LogP contribution >= 0.6 is 11.6 Å². The van der Waals surface area contributed by atoms with Crippen LogP contribution in [0.5, 0.6) is 0 Å². The van der Waals surface area contributed by atoms with Gasteiger partial charge in [-0.25, -0.2) is 5.43 Å². The van der Waals surface area contributed by atoms with Crippen molar-refractivity contribution in [3.05, 3.63) is 46.5 Å². The van der Waals surface area contributed by atoms with E-state index in [4.69, 9.17) is 11.6 Å². The fraction of sp³-hybridized carbons (Fsp3) is 0.375. The molecule has 0 aliphatic heterocycles. The van der Waals surface area contributed by atoms with Gasteiger partial charge in [-0.1, -0.05) is 35.4 Å². The summed E-state index contributed by atoms with van der Waals surface area (Å²) in [5.41, 5.74) is 4.96. The zero-order valence-corrected chi connectivity index (χ0v) is 12.4. The number of carbonyl (C=O) groups excluding carboxylic acids is 1. The van der Waals surface area contributed by atoms with Gasteiger partial charge in [0.2, 0.25) is 5.91 Å². The van der Waals surface area contributed by atoms with Crippen molar-refractivity contribution in [2.45, 2.75) is 32.6 Å². The molecular weight excluding hydrogens is 272 g/mol. The number of nitrogens with zero attached hydrogens (tertiary/aromatic N) is 1. The lowest BCUT2D eigenvalue weighted by Gasteiger charge is -2.15. The van der Waals surface area contributed by atoms with Gasteiger partial charge >= 0.3 is 0 Å². The van der Waals surface area contributed by atoms with Crippen molar-refractivity contribution in [2.24, 2.45) is 11.0 Å². The van der Waals surface area contributed by atoms with Gasteiger partial charge in [-0.2, -0.15) is 5.10 Å². The molecule has 1 aliphatic carbocycles. The molecule has 1 aromatic carbocycles. The Balaban J connectivity index is 1.76. The maximum Gasteiger partial charge on any atom is 0.244 e. The number of allylic oxidation sites excluding steroid dienone is 2. The number of nitrogens with one attached hydrogen (secondary N) is 1. The van der Waals surface area contributed by atoms with Crippen molar-refractivity contribution >= 4 is 23.7 Å². The first-order valence-corrected chi connectivity index (χ1v) is 7.23. The minimum Gasteiger partial charge on any atom is -0.273 e. The quantitative estimate of drug-likeness (QED) is 0.512. The topological polar surface area (TPSA) is 41.5 Å². The summed E-state index contributed by atoms with van der Waals surface area (Å²) in [6.07, 6.45) is 7.66. The molecule has 0 unspecified atom stereocenters. The summed E-state index contributed by atoms with van der Waals surface area (Å²) in [6.45, 7) is 2.15. The number of hydrazone groups is 1. The van der Waals surface area contributed by atoms with E-state index in [-0.39, 0.29) is 5.91 Å². The molecule has 1 amide bonds. The molecule has 20 heavy (non-hydrogen) atoms. The molecule has 0 radical (unpaired) electrons. The number of amides is 1. The van der Waals surface area contributed by atoms with Gasteiger partial charge in [0.05, 0.1) is 6.42 Å². The van der Waals surface area contributed by atoms with E-state index in [9.17, 15) is 4.79 Å². The van der Waals surface area contributed by atoms with Crippen molar-refractivity contribution in [1.82, 2.24) is 5.43 Å². The van der Waals surface area contributed by atoms with E-state index in [1.54, 1.807) is 12.1 Å². The summed E-state index contributed by atoms with van der Waals surface area (Å²) in [5.74, 6) is 0.334. The Morgan fingerprint density at radius 3 is 2.85 bits per heavy atom. The Kier molecular flexibility index (Phi) is 5.36. The lowest BCUT2D eigenvalue weighted by molar-refractivity contribution is -0.120. The second-order valence-corrected chi connectivity index (χ2v) is 5.64. The van der Waals surface area contributed by atoms with Crippen molar-refractivity contribution in [3.8, 4) is 0 Å². The molecule has 2 rings (SSSR count). The van der Waals surface area contributed by atoms with Crippen LogP contribution in [0.2, 0.25) is 5.02 Å². The highest BCUT2D eigenvalue weighted by molar-refractivity contribution is 6.30. The molecule has 0 bridgehead atoms. The van der Waals surface area contributed by atoms with Crippen molar-refractivity contribution in [2.75, 3.05) is 0 Å². The molecule has 4 heteroatoms. The molecule has 106 valence electrons. The molecule has 0 spiro atoms. The van der Waals surface area contributed by atoms with E-state index in [0.717, 1.165) is 24.8 Å². The van der Waals surface area contributed by atoms with Gasteiger partial charge < -0.3 is 0 Å². The maximum absolute atomic E-state index is 11.7. The molecule has 0 fully saturated rings. The van der Waals surface area contributed by atoms with Crippen molar-refractivity contribution in [3.63, 3.8) is 0 Å². The van der Waals surface area contributed by atoms with Crippen molar-refractivity contribution < 1.29 is 4.79 Å². The molecular formula is C16H19ClN2O. The van der Waals surface area contributed by atoms with Crippen LogP contribution in [-0.2, 0) is 11.2 Å². The summed E-state index contributed by atoms with van der Waals surface area (Å²) in [5, 5.41) is 4.73. The summed E-state index contributed by atoms with van der Waals surface area (Å²) in [7, 11) is 0. The average molecular weight is 291 g/mol. The molecule has 3 nitrogen and oxygen atoms in total. The first-order valence-electron chi connectivity index (χ1n) is 6.85. The van der Waals surface area contributed by atoms with Crippen LogP contribution in [0.25, 0.3) is 0 Å². The third-order valence-corrected chi connectivity index (χ3v) is 3.68. The average Bonchev–Trinajstić information content (AvgIpc) is 2.44. The molecule has 1 aromatic rings. The lowest BCUT2D eigenvalue weighted by Crippen LogP contribution is -2.20. The fourth-order valence-corrected chi connectivity index (χ4v) is 2.29. The molecule has 0 aromatic heterocycles. The predicted molar refractivity (Wildman–Crippen MR) is 82.9 cm³/mol. The number of carbonyl (C=O) groups is 1. The summed E-state index contributed by atoms with van der Waals surface area (Å²) in [6, 6.07) is 7.26. The molecule has 1 N–H and O–H groups in total. The van der Waals surface area contributed by atoms with Gasteiger partial charge in [-0.3, -0.25) is 4.79 Å². The van der Waals surface area contributed by atoms with Crippen LogP contribution in [0.3, 0.4) is 0 Å². The van der Waals surface area contributed by atoms with Gasteiger partial charge in [0, 0.05) is 11.2 Å². The van der Waals surface area contributed by atoms with E-state index >= 15 is 0 Å². The van der Waals surface area contributed by atoms with Gasteiger partial charge in [0.1, 0.15) is 0 Å². The van der Waals surface area contributed by atoms with Gasteiger partial charge in [-0.05, 0) is 49.8 Å². The fourth-order valence-electron chi connectivity index (χ4n) is 2.16. The first kappa shape index (κ1) is 14.8. The highest BCUT2D eigenvalue weighted by atomic mass is 35.5. The first-order chi connectivity index (χ1) is 9.63. The normalized spacial score (nSPS) is 18.9. The number of halogens is 1. The molecule has 1 atom stereocenters. The van der Waals surface area contributed by atoms with Crippen LogP contribution in [0.4, 0.5) is 0 Å². The van der Waals surface area contributed by atoms with E-state index in [0.29, 0.717) is 17.4 Å². The van der Waals surface area contributed by atoms with Crippen LogP contribution in [-0.4, -0.2) is 12.1 Å². The van der Waals surface area contributed by atoms with Gasteiger partial charge in [0.15, 0.2) is 0 Å². The van der Waals surface area contributed by atoms with E-state index in [1.165, 1.54) is 5.57 Å². The largest absolute Gasteiger partial charge is 0.273 e. The van der Waals surface area contributed by atoms with Crippen LogP contribution in [0.15, 0.2) is 41.0 Å². The van der Waals surface area contributed by atoms with Gasteiger partial charge in [-0.15, -0.1) is 0 Å². The van der Waals surface area contributed by atoms with Crippen LogP contribution in [0, 0.1) is 5.92 Å². The summed E-state index contributed by atoms with van der Waals surface area (Å²) in [4.78, 5) is 11.7. The Hall–Kier alpha value is -1.61. The zero-order valence-electron chi connectivity index (χ0n) is 11.6. The maximum atomic E-state index is 11.7. The Morgan fingerprint density at radius 2 is 2.20 bits per heavy atom. The Labute approximate surface area is 124 Å². The molecule has 1 aliphatic rings. The van der Waals surface area contributed by atoms with Gasteiger partial charge in [0.25, 0.3) is 0 Å². The third-order valence-electron chi connectivity index (χ3n) is 3.43. The standard InChI is InChI=1S/C16H19ClN2O/c1-12-2-4-14(5-3-12)11-18-19-16(20)10-13-6-8-15(17)9-7-13/h2,6-9,11,14H,3-5,10H2,1H3,(H,19,20)/b18-11-/t14-/m0/s1. The monoisotopic (exact) mass is 290 g/mol. The Bertz CT molecular complexity index is 520. The minimum absolute atomic E-state index is 0.105. The van der Waals surface area contributed by atoms with E-state index in [1.807, 2.05) is 18.3 Å². The highest BCUT2D eigenvalue weighted by Crippen LogP contribution is 2.21. The van der Waals surface area contributed by atoms with E-state index in [2.05, 4.69) is 23.5 Å². The second kappa shape index (κ2) is 7.25. The number of hydrogen-bond donors (Lipinski definition) is 1. The molecule has 0 saturated carbocycles. The zero-order chi connectivity index (χ0) is 14.4. The smallest absolute Gasteiger partial charge is 0.244 e. The summed E-state index contributed by atoms with van der Waals surface area (Å²) < 4.78 is 0. The Morgan fingerprint density at radius 1 is 1.45 bits per heavy atom. The highest BCUT2D eigenvalue weighted by Gasteiger charge is 2.10. The lowest BCUT2D eigenvalue weighted by atomic mass is 9.91.